The van der Waals surface area contributed by atoms with Gasteiger partial charge < -0.3 is 5.73 Å². The number of halogens is 2. The normalized spacial score (nSPS) is 19.4. The number of nitrogens with two attached hydrogens (primary N) is 1. The lowest BCUT2D eigenvalue weighted by atomic mass is 9.78. The Kier molecular flexibility index (Phi) is 4.02. The van der Waals surface area contributed by atoms with Gasteiger partial charge in [0, 0.05) is 16.1 Å². The summed E-state index contributed by atoms with van der Waals surface area (Å²) in [4.78, 5) is 0. The second-order valence-corrected chi connectivity index (χ2v) is 6.31. The summed E-state index contributed by atoms with van der Waals surface area (Å²) in [5, 5.41) is 1.32. The number of hydrogen-bond acceptors (Lipinski definition) is 1. The lowest BCUT2D eigenvalue weighted by molar-refractivity contribution is 0.382. The van der Waals surface area contributed by atoms with E-state index in [0.29, 0.717) is 16.0 Å². The maximum absolute atomic E-state index is 6.45. The van der Waals surface area contributed by atoms with Crippen molar-refractivity contribution in [2.75, 3.05) is 0 Å². The highest BCUT2D eigenvalue weighted by molar-refractivity contribution is 6.35. The molecule has 0 amide bonds. The Morgan fingerprint density at radius 3 is 2.55 bits per heavy atom. The molecule has 1 aliphatic carbocycles. The van der Waals surface area contributed by atoms with Crippen molar-refractivity contribution in [3.8, 4) is 0 Å². The van der Waals surface area contributed by atoms with Crippen LogP contribution >= 0.6 is 23.2 Å². The molecule has 104 valence electrons. The Morgan fingerprint density at radius 2 is 1.80 bits per heavy atom. The fraction of sp³-hybridized carbons (Fsp3) is 0.294. The largest absolute Gasteiger partial charge is 0.324 e. The molecule has 2 N–H and O–H groups in total. The van der Waals surface area contributed by atoms with Gasteiger partial charge in [-0.1, -0.05) is 53.5 Å². The van der Waals surface area contributed by atoms with Crippen molar-refractivity contribution in [3.05, 3.63) is 69.2 Å². The highest BCUT2D eigenvalue weighted by Crippen LogP contribution is 2.36. The SMILES string of the molecule is NC(c1ccc(Cl)cc1Cl)C1CCc2ccccc2C1. The van der Waals surface area contributed by atoms with Crippen LogP contribution in [0.1, 0.15) is 29.2 Å². The van der Waals surface area contributed by atoms with Gasteiger partial charge in [-0.2, -0.15) is 0 Å². The molecule has 0 spiro atoms. The molecule has 0 bridgehead atoms. The van der Waals surface area contributed by atoms with Crippen molar-refractivity contribution in [1.29, 1.82) is 0 Å². The van der Waals surface area contributed by atoms with Crippen LogP contribution in [0.5, 0.6) is 0 Å². The Labute approximate surface area is 129 Å². The van der Waals surface area contributed by atoms with E-state index in [1.54, 1.807) is 6.07 Å². The topological polar surface area (TPSA) is 26.0 Å². The molecule has 0 saturated carbocycles. The monoisotopic (exact) mass is 305 g/mol. The van der Waals surface area contributed by atoms with Crippen molar-refractivity contribution in [1.82, 2.24) is 0 Å². The van der Waals surface area contributed by atoms with Gasteiger partial charge in [0.15, 0.2) is 0 Å². The Bertz CT molecular complexity index is 624. The maximum Gasteiger partial charge on any atom is 0.0468 e. The van der Waals surface area contributed by atoms with Crippen molar-refractivity contribution in [3.63, 3.8) is 0 Å². The number of benzene rings is 2. The van der Waals surface area contributed by atoms with Crippen LogP contribution in [0, 0.1) is 5.92 Å². The Morgan fingerprint density at radius 1 is 1.05 bits per heavy atom. The summed E-state index contributed by atoms with van der Waals surface area (Å²) in [5.74, 6) is 0.434. The molecule has 2 unspecified atom stereocenters. The zero-order chi connectivity index (χ0) is 14.1. The molecule has 0 radical (unpaired) electrons. The van der Waals surface area contributed by atoms with Crippen LogP contribution in [0.2, 0.25) is 10.0 Å². The smallest absolute Gasteiger partial charge is 0.0468 e. The second kappa shape index (κ2) is 5.77. The van der Waals surface area contributed by atoms with E-state index in [4.69, 9.17) is 28.9 Å². The molecule has 20 heavy (non-hydrogen) atoms. The minimum absolute atomic E-state index is 0.0341. The number of fused-ring (bicyclic) bond motifs is 1. The van der Waals surface area contributed by atoms with Gasteiger partial charge in [-0.05, 0) is 54.0 Å². The van der Waals surface area contributed by atoms with Crippen molar-refractivity contribution in [2.45, 2.75) is 25.3 Å². The first-order chi connectivity index (χ1) is 9.65. The number of aryl methyl sites for hydroxylation is 1. The first-order valence-corrected chi connectivity index (χ1v) is 7.68. The molecular formula is C17H17Cl2N. The van der Waals surface area contributed by atoms with Gasteiger partial charge in [0.1, 0.15) is 0 Å². The summed E-state index contributed by atoms with van der Waals surface area (Å²) in [6.45, 7) is 0. The molecule has 2 atom stereocenters. The van der Waals surface area contributed by atoms with E-state index in [0.717, 1.165) is 24.8 Å². The summed E-state index contributed by atoms with van der Waals surface area (Å²) < 4.78 is 0. The van der Waals surface area contributed by atoms with Crippen LogP contribution in [0.3, 0.4) is 0 Å². The van der Waals surface area contributed by atoms with E-state index in [-0.39, 0.29) is 6.04 Å². The van der Waals surface area contributed by atoms with Crippen LogP contribution in [-0.4, -0.2) is 0 Å². The molecule has 1 nitrogen and oxygen atoms in total. The maximum atomic E-state index is 6.45. The van der Waals surface area contributed by atoms with Crippen LogP contribution in [0.25, 0.3) is 0 Å². The highest BCUT2D eigenvalue weighted by atomic mass is 35.5. The molecule has 3 rings (SSSR count). The fourth-order valence-corrected chi connectivity index (χ4v) is 3.59. The van der Waals surface area contributed by atoms with Gasteiger partial charge in [0.05, 0.1) is 0 Å². The minimum atomic E-state index is -0.0341. The second-order valence-electron chi connectivity index (χ2n) is 5.46. The highest BCUT2D eigenvalue weighted by Gasteiger charge is 2.26. The molecule has 1 aliphatic rings. The summed E-state index contributed by atoms with van der Waals surface area (Å²) >= 11 is 12.2. The third-order valence-corrected chi connectivity index (χ3v) is 4.78. The fourth-order valence-electron chi connectivity index (χ4n) is 3.06. The van der Waals surface area contributed by atoms with E-state index in [1.165, 1.54) is 11.1 Å². The summed E-state index contributed by atoms with van der Waals surface area (Å²) in [7, 11) is 0. The van der Waals surface area contributed by atoms with Crippen LogP contribution < -0.4 is 5.73 Å². The number of hydrogen-bond donors (Lipinski definition) is 1. The lowest BCUT2D eigenvalue weighted by Crippen LogP contribution is -2.27. The summed E-state index contributed by atoms with van der Waals surface area (Å²) in [6.07, 6.45) is 3.23. The van der Waals surface area contributed by atoms with Gasteiger partial charge >= 0.3 is 0 Å². The Balaban J connectivity index is 1.84. The van der Waals surface area contributed by atoms with Crippen LogP contribution in [0.4, 0.5) is 0 Å². The molecule has 2 aromatic rings. The first-order valence-electron chi connectivity index (χ1n) is 6.92. The lowest BCUT2D eigenvalue weighted by Gasteiger charge is -2.30. The van der Waals surface area contributed by atoms with E-state index in [9.17, 15) is 0 Å². The molecule has 3 heteroatoms. The van der Waals surface area contributed by atoms with Gasteiger partial charge in [0.2, 0.25) is 0 Å². The summed E-state index contributed by atoms with van der Waals surface area (Å²) in [6, 6.07) is 14.2. The van der Waals surface area contributed by atoms with Gasteiger partial charge in [0.25, 0.3) is 0 Å². The summed E-state index contributed by atoms with van der Waals surface area (Å²) in [5.41, 5.74) is 10.3. The predicted molar refractivity (Wildman–Crippen MR) is 85.3 cm³/mol. The van der Waals surface area contributed by atoms with Crippen molar-refractivity contribution in [2.24, 2.45) is 11.7 Å². The molecule has 0 aromatic heterocycles. The van der Waals surface area contributed by atoms with E-state index >= 15 is 0 Å². The van der Waals surface area contributed by atoms with Gasteiger partial charge in [-0.3, -0.25) is 0 Å². The predicted octanol–water partition coefficient (Wildman–Crippen LogP) is 4.80. The molecule has 0 aliphatic heterocycles. The minimum Gasteiger partial charge on any atom is -0.324 e. The number of rotatable bonds is 2. The third-order valence-electron chi connectivity index (χ3n) is 4.21. The van der Waals surface area contributed by atoms with Crippen molar-refractivity contribution >= 4 is 23.2 Å². The van der Waals surface area contributed by atoms with Crippen LogP contribution in [0.15, 0.2) is 42.5 Å². The molecule has 0 saturated heterocycles. The Hall–Kier alpha value is -1.02. The van der Waals surface area contributed by atoms with Gasteiger partial charge in [-0.15, -0.1) is 0 Å². The first kappa shape index (κ1) is 13.9. The molecular weight excluding hydrogens is 289 g/mol. The van der Waals surface area contributed by atoms with E-state index in [2.05, 4.69) is 24.3 Å². The average Bonchev–Trinajstić information content (AvgIpc) is 2.46. The average molecular weight is 306 g/mol. The van der Waals surface area contributed by atoms with Crippen LogP contribution in [-0.2, 0) is 12.8 Å². The standard InChI is InChI=1S/C17H17Cl2N/c18-14-7-8-15(16(19)10-14)17(20)13-6-5-11-3-1-2-4-12(11)9-13/h1-4,7-8,10,13,17H,5-6,9,20H2. The zero-order valence-electron chi connectivity index (χ0n) is 11.2. The third kappa shape index (κ3) is 2.71. The zero-order valence-corrected chi connectivity index (χ0v) is 12.7. The molecule has 2 aromatic carbocycles. The quantitative estimate of drug-likeness (QED) is 0.847. The van der Waals surface area contributed by atoms with Crippen molar-refractivity contribution < 1.29 is 0 Å². The molecule has 0 fully saturated rings. The molecule has 0 heterocycles. The van der Waals surface area contributed by atoms with E-state index in [1.807, 2.05) is 12.1 Å². The van der Waals surface area contributed by atoms with E-state index < -0.39 is 0 Å². The van der Waals surface area contributed by atoms with Gasteiger partial charge in [-0.25, -0.2) is 0 Å².